The van der Waals surface area contributed by atoms with Gasteiger partial charge in [-0.2, -0.15) is 11.8 Å². The first-order chi connectivity index (χ1) is 17.9. The predicted molar refractivity (Wildman–Crippen MR) is 156 cm³/mol. The maximum absolute atomic E-state index is 10.8. The third-order valence-electron chi connectivity index (χ3n) is 7.70. The molecule has 1 saturated carbocycles. The van der Waals surface area contributed by atoms with Gasteiger partial charge >= 0.3 is 19.8 Å². The first-order valence-corrected chi connectivity index (χ1v) is 17.1. The van der Waals surface area contributed by atoms with Crippen LogP contribution in [-0.2, 0) is 18.8 Å². The average Bonchev–Trinajstić information content (AvgIpc) is 2.91. The number of carbonyl (C=O) groups is 1. The van der Waals surface area contributed by atoms with Crippen molar-refractivity contribution in [3.05, 3.63) is 0 Å². The van der Waals surface area contributed by atoms with Crippen LogP contribution in [-0.4, -0.2) is 59.0 Å². The lowest BCUT2D eigenvalue weighted by Crippen LogP contribution is -2.37. The second kappa shape index (κ2) is 22.6. The van der Waals surface area contributed by atoms with Crippen LogP contribution in [0.4, 0.5) is 0 Å². The molecule has 37 heavy (non-hydrogen) atoms. The smallest absolute Gasteiger partial charge is 0.390 e. The van der Waals surface area contributed by atoms with Crippen molar-refractivity contribution >= 4 is 26.2 Å². The minimum atomic E-state index is -2.31. The number of unbranched alkanes of at least 4 members (excludes halogenated alkanes) is 6. The number of rotatable bonds is 25. The van der Waals surface area contributed by atoms with E-state index < -0.39 is 26.4 Å². The molecule has 4 unspecified atom stereocenters. The molecule has 1 aliphatic carbocycles. The van der Waals surface area contributed by atoms with E-state index in [1.807, 2.05) is 0 Å². The van der Waals surface area contributed by atoms with Crippen molar-refractivity contribution < 1.29 is 29.0 Å². The van der Waals surface area contributed by atoms with Gasteiger partial charge in [0.15, 0.2) is 0 Å². The highest BCUT2D eigenvalue weighted by atomic mass is 32.2. The Morgan fingerprint density at radius 3 is 2.32 bits per heavy atom. The molecule has 0 saturated heterocycles. The van der Waals surface area contributed by atoms with E-state index in [2.05, 4.69) is 25.6 Å². The zero-order valence-electron chi connectivity index (χ0n) is 23.7. The first-order valence-electron chi connectivity index (χ1n) is 15.0. The largest absolute Gasteiger partial charge is 0.476 e. The second-order valence-corrected chi connectivity index (χ2v) is 13.2. The van der Waals surface area contributed by atoms with Gasteiger partial charge in [0.25, 0.3) is 0 Å². The number of aliphatic carboxylic acids is 1. The lowest BCUT2D eigenvalue weighted by atomic mass is 9.77. The zero-order valence-corrected chi connectivity index (χ0v) is 25.5. The third-order valence-corrected chi connectivity index (χ3v) is 9.49. The number of thioether (sulfide) groups is 1. The van der Waals surface area contributed by atoms with Crippen molar-refractivity contribution in [2.24, 2.45) is 11.8 Å². The molecule has 4 atom stereocenters. The number of hydrogen-bond acceptors (Lipinski definition) is 6. The van der Waals surface area contributed by atoms with E-state index in [4.69, 9.17) is 14.6 Å². The van der Waals surface area contributed by atoms with Crippen molar-refractivity contribution in [3.8, 4) is 0 Å². The summed E-state index contributed by atoms with van der Waals surface area (Å²) in [7, 11) is -1.36. The standard InChI is InChI=1S/C29H55O6PS/c1-3-4-16-27(26-17-11-9-12-18-26)19-23-37-22-13-8-6-5-7-10-15-25(2)35-21-14-20-34-24-29(32,36-33)28(30)31/h25-27,32H,3-24H2,1-2H3,(H,30,31)/p+1. The molecule has 218 valence electrons. The van der Waals surface area contributed by atoms with Gasteiger partial charge in [-0.3, -0.25) is 0 Å². The monoisotopic (exact) mass is 563 g/mol. The van der Waals surface area contributed by atoms with Gasteiger partial charge in [0.05, 0.1) is 6.10 Å². The molecule has 1 aliphatic rings. The molecule has 1 rings (SSSR count). The van der Waals surface area contributed by atoms with Gasteiger partial charge in [0, 0.05) is 13.2 Å². The Morgan fingerprint density at radius 2 is 1.65 bits per heavy atom. The summed E-state index contributed by atoms with van der Waals surface area (Å²) >= 11 is 2.19. The Bertz CT molecular complexity index is 575. The third kappa shape index (κ3) is 17.2. The van der Waals surface area contributed by atoms with Crippen LogP contribution in [0.25, 0.3) is 0 Å². The Balaban J connectivity index is 1.91. The number of aliphatic hydroxyl groups is 1. The van der Waals surface area contributed by atoms with Gasteiger partial charge < -0.3 is 19.7 Å². The van der Waals surface area contributed by atoms with Gasteiger partial charge in [-0.05, 0) is 55.9 Å². The molecule has 0 aromatic heterocycles. The summed E-state index contributed by atoms with van der Waals surface area (Å²) in [6, 6.07) is 0. The van der Waals surface area contributed by atoms with Crippen molar-refractivity contribution in [1.29, 1.82) is 0 Å². The van der Waals surface area contributed by atoms with Gasteiger partial charge in [-0.15, -0.1) is 0 Å². The topological polar surface area (TPSA) is 93.1 Å². The Hall–Kier alpha value is -0.200. The van der Waals surface area contributed by atoms with Crippen LogP contribution in [0.2, 0.25) is 0 Å². The number of carboxylic acid groups (broad SMARTS) is 1. The summed E-state index contributed by atoms with van der Waals surface area (Å²) in [6.07, 6.45) is 22.7. The van der Waals surface area contributed by atoms with Crippen LogP contribution < -0.4 is 0 Å². The van der Waals surface area contributed by atoms with Crippen molar-refractivity contribution in [2.45, 2.75) is 134 Å². The summed E-state index contributed by atoms with van der Waals surface area (Å²) in [5, 5.41) is 16.1. The summed E-state index contributed by atoms with van der Waals surface area (Å²) < 4.78 is 21.8. The molecule has 0 aliphatic heterocycles. The maximum Gasteiger partial charge on any atom is 0.390 e. The highest BCUT2D eigenvalue weighted by molar-refractivity contribution is 7.99. The van der Waals surface area contributed by atoms with Crippen molar-refractivity contribution in [2.75, 3.05) is 31.3 Å². The Morgan fingerprint density at radius 1 is 0.946 bits per heavy atom. The SMILES string of the molecule is CCCCC(CCSCCCCCCCCC(C)OCCCOCC(O)([PH+]=O)C(=O)O)C1CCCCC1. The van der Waals surface area contributed by atoms with Crippen molar-refractivity contribution in [1.82, 2.24) is 0 Å². The summed E-state index contributed by atoms with van der Waals surface area (Å²) in [6.45, 7) is 4.74. The fourth-order valence-electron chi connectivity index (χ4n) is 5.25. The first kappa shape index (κ1) is 34.8. The maximum atomic E-state index is 10.8. The molecule has 0 radical (unpaired) electrons. The Labute approximate surface area is 232 Å². The van der Waals surface area contributed by atoms with E-state index in [0.29, 0.717) is 13.0 Å². The van der Waals surface area contributed by atoms with E-state index in [1.54, 1.807) is 0 Å². The van der Waals surface area contributed by atoms with E-state index in [-0.39, 0.29) is 12.7 Å². The van der Waals surface area contributed by atoms with Crippen LogP contribution in [0.1, 0.15) is 123 Å². The highest BCUT2D eigenvalue weighted by Crippen LogP contribution is 2.35. The summed E-state index contributed by atoms with van der Waals surface area (Å²) in [4.78, 5) is 10.8. The lowest BCUT2D eigenvalue weighted by molar-refractivity contribution is -0.154. The zero-order chi connectivity index (χ0) is 27.2. The van der Waals surface area contributed by atoms with Crippen molar-refractivity contribution in [3.63, 3.8) is 0 Å². The van der Waals surface area contributed by atoms with Crippen LogP contribution in [0.3, 0.4) is 0 Å². The van der Waals surface area contributed by atoms with E-state index in [9.17, 15) is 14.5 Å². The van der Waals surface area contributed by atoms with Crippen LogP contribution >= 0.6 is 20.2 Å². The molecule has 0 spiro atoms. The number of hydrogen-bond donors (Lipinski definition) is 2. The minimum absolute atomic E-state index is 0.199. The summed E-state index contributed by atoms with van der Waals surface area (Å²) in [5.74, 6) is 3.17. The predicted octanol–water partition coefficient (Wildman–Crippen LogP) is 7.84. The Kier molecular flexibility index (Phi) is 21.3. The fraction of sp³-hybridized carbons (Fsp3) is 0.966. The van der Waals surface area contributed by atoms with Crippen LogP contribution in [0, 0.1) is 11.8 Å². The van der Waals surface area contributed by atoms with Crippen LogP contribution in [0.15, 0.2) is 0 Å². The molecule has 1 fully saturated rings. The lowest BCUT2D eigenvalue weighted by Gasteiger charge is -2.30. The molecular weight excluding hydrogens is 507 g/mol. The highest BCUT2D eigenvalue weighted by Gasteiger charge is 2.46. The normalized spacial score (nSPS) is 18.0. The van der Waals surface area contributed by atoms with Gasteiger partial charge in [-0.25, -0.2) is 4.79 Å². The van der Waals surface area contributed by atoms with E-state index >= 15 is 0 Å². The molecular formula is C29H56O6PS+. The van der Waals surface area contributed by atoms with Gasteiger partial charge in [0.1, 0.15) is 6.61 Å². The number of ether oxygens (including phenoxy) is 2. The molecule has 0 aromatic rings. The molecule has 6 nitrogen and oxygen atoms in total. The van der Waals surface area contributed by atoms with Gasteiger partial charge in [-0.1, -0.05) is 95.0 Å². The molecule has 8 heteroatoms. The molecule has 0 bridgehead atoms. The quantitative estimate of drug-likeness (QED) is 0.0863. The van der Waals surface area contributed by atoms with E-state index in [1.165, 1.54) is 108 Å². The fourth-order valence-corrected chi connectivity index (χ4v) is 6.58. The average molecular weight is 564 g/mol. The minimum Gasteiger partial charge on any atom is -0.476 e. The molecule has 0 aromatic carbocycles. The van der Waals surface area contributed by atoms with Gasteiger partial charge in [0.2, 0.25) is 0 Å². The summed E-state index contributed by atoms with van der Waals surface area (Å²) in [5.41, 5.74) is 0. The molecule has 2 N–H and O–H groups in total. The second-order valence-electron chi connectivity index (χ2n) is 11.0. The molecule has 0 amide bonds. The van der Waals surface area contributed by atoms with Crippen LogP contribution in [0.5, 0.6) is 0 Å². The molecule has 0 heterocycles. The van der Waals surface area contributed by atoms with E-state index in [0.717, 1.165) is 18.3 Å². The number of carboxylic acids is 1.